The number of ketones is 4. The summed E-state index contributed by atoms with van der Waals surface area (Å²) in [7, 11) is 0. The van der Waals surface area contributed by atoms with Crippen LogP contribution in [0, 0.1) is 5.41 Å². The van der Waals surface area contributed by atoms with Crippen LogP contribution in [0.3, 0.4) is 0 Å². The minimum absolute atomic E-state index is 0. The van der Waals surface area contributed by atoms with Crippen molar-refractivity contribution in [2.45, 2.75) is 20.8 Å². The van der Waals surface area contributed by atoms with Gasteiger partial charge in [0.15, 0.2) is 17.3 Å². The smallest absolute Gasteiger partial charge is 0.542 e. The van der Waals surface area contributed by atoms with Crippen molar-refractivity contribution in [3.05, 3.63) is 0 Å². The summed E-state index contributed by atoms with van der Waals surface area (Å²) in [6.45, 7) is 2.43. The van der Waals surface area contributed by atoms with Gasteiger partial charge in [-0.2, -0.15) is 0 Å². The second kappa shape index (κ2) is 5.77. The molecule has 0 bridgehead atoms. The molecule has 6 nitrogen and oxygen atoms in total. The Balaban J connectivity index is 0. The summed E-state index contributed by atoms with van der Waals surface area (Å²) < 4.78 is 0. The fraction of sp³-hybridized carbons (Fsp3) is 0.444. The Morgan fingerprint density at radius 1 is 0.812 bits per heavy atom. The summed E-state index contributed by atoms with van der Waals surface area (Å²) >= 11 is 0. The second-order valence-corrected chi connectivity index (χ2v) is 3.04. The molecule has 0 saturated carbocycles. The van der Waals surface area contributed by atoms with Crippen molar-refractivity contribution in [3.8, 4) is 0 Å². The molecule has 0 heterocycles. The number of aliphatic carboxylic acids is 1. The molecule has 7 heteroatoms. The quantitative estimate of drug-likeness (QED) is 0.389. The van der Waals surface area contributed by atoms with E-state index in [1.165, 1.54) is 0 Å². The van der Waals surface area contributed by atoms with Gasteiger partial charge in [0.05, 0.1) is 0 Å². The molecule has 0 amide bonds. The Labute approximate surface area is 105 Å². The van der Waals surface area contributed by atoms with Crippen LogP contribution in [0.1, 0.15) is 20.8 Å². The number of carbonyl (C=O) groups is 5. The van der Waals surface area contributed by atoms with Gasteiger partial charge in [-0.1, -0.05) is 0 Å². The Kier molecular flexibility index (Phi) is 6.20. The van der Waals surface area contributed by atoms with E-state index in [2.05, 4.69) is 0 Å². The molecule has 0 radical (unpaired) electrons. The average molecular weight is 405 g/mol. The molecule has 0 aliphatic heterocycles. The van der Waals surface area contributed by atoms with Crippen LogP contribution in [-0.4, -0.2) is 29.1 Å². The normalized spacial score (nSPS) is 9.94. The van der Waals surface area contributed by atoms with Crippen molar-refractivity contribution in [3.63, 3.8) is 0 Å². The molecule has 0 unspecified atom stereocenters. The number of carbonyl (C=O) groups excluding carboxylic acids is 5. The van der Waals surface area contributed by atoms with Crippen LogP contribution in [0.25, 0.3) is 0 Å². The molecule has 0 aromatic carbocycles. The third-order valence-corrected chi connectivity index (χ3v) is 2.11. The third-order valence-electron chi connectivity index (χ3n) is 2.11. The minimum atomic E-state index is -2.74. The minimum Gasteiger partial charge on any atom is -0.542 e. The van der Waals surface area contributed by atoms with E-state index >= 15 is 0 Å². The van der Waals surface area contributed by atoms with Crippen LogP contribution >= 0.6 is 0 Å². The predicted molar refractivity (Wildman–Crippen MR) is 44.5 cm³/mol. The first kappa shape index (κ1) is 17.2. The molecule has 0 aliphatic carbocycles. The maximum absolute atomic E-state index is 11.2. The molecular weight excluding hydrogens is 396 g/mol. The summed E-state index contributed by atoms with van der Waals surface area (Å²) in [5, 5.41) is 10.3. The van der Waals surface area contributed by atoms with Crippen molar-refractivity contribution in [1.29, 1.82) is 0 Å². The molecule has 0 aliphatic rings. The van der Waals surface area contributed by atoms with Crippen molar-refractivity contribution in [2.75, 3.05) is 0 Å². The summed E-state index contributed by atoms with van der Waals surface area (Å²) in [5.41, 5.74) is -2.74. The van der Waals surface area contributed by atoms with Gasteiger partial charge in [-0.05, 0) is 20.8 Å². The molecule has 0 aromatic heterocycles. The Morgan fingerprint density at radius 3 is 1.12 bits per heavy atom. The summed E-state index contributed by atoms with van der Waals surface area (Å²) in [6, 6.07) is 0. The molecule has 0 fully saturated rings. The third kappa shape index (κ3) is 2.48. The average Bonchev–Trinajstić information content (AvgIpc) is 2.02. The van der Waals surface area contributed by atoms with E-state index in [-0.39, 0.29) is 20.1 Å². The molecule has 0 atom stereocenters. The van der Waals surface area contributed by atoms with Gasteiger partial charge in [0.2, 0.25) is 11.2 Å². The topological polar surface area (TPSA) is 108 Å². The number of Topliss-reactive ketones (excluding diaryl/α,β-unsaturated/α-hetero) is 4. The van der Waals surface area contributed by atoms with Crippen molar-refractivity contribution in [2.24, 2.45) is 5.41 Å². The number of hydrogen-bond acceptors (Lipinski definition) is 6. The van der Waals surface area contributed by atoms with Gasteiger partial charge < -0.3 is 9.90 Å². The molecule has 0 spiro atoms. The fourth-order valence-corrected chi connectivity index (χ4v) is 1.38. The summed E-state index contributed by atoms with van der Waals surface area (Å²) in [5.74, 6) is -7.38. The zero-order valence-corrected chi connectivity index (χ0v) is 11.2. The fourth-order valence-electron chi connectivity index (χ4n) is 1.38. The van der Waals surface area contributed by atoms with Crippen molar-refractivity contribution in [1.82, 2.24) is 0 Å². The SMILES string of the molecule is CC(=O)C(C(C)=O)(C(C)=O)C(=O)C(=O)[O-].[Ir+3]. The molecular formula is C9H9IrO6+2. The Bertz CT molecular complexity index is 334. The maximum Gasteiger partial charge on any atom is 3.00 e. The number of rotatable bonds is 5. The van der Waals surface area contributed by atoms with E-state index in [0.717, 1.165) is 20.8 Å². The number of hydrogen-bond donors (Lipinski definition) is 0. The molecule has 0 saturated heterocycles. The number of carboxylic acid groups (broad SMARTS) is 1. The Morgan fingerprint density at radius 2 is 1.06 bits per heavy atom. The predicted octanol–water partition coefficient (Wildman–Crippen LogP) is -1.94. The van der Waals surface area contributed by atoms with Crippen LogP contribution in [0.5, 0.6) is 0 Å². The maximum atomic E-state index is 11.2. The second-order valence-electron chi connectivity index (χ2n) is 3.04. The van der Waals surface area contributed by atoms with Crippen LogP contribution in [0.2, 0.25) is 0 Å². The molecule has 0 aromatic rings. The van der Waals surface area contributed by atoms with Crippen molar-refractivity contribution < 1.29 is 49.2 Å². The van der Waals surface area contributed by atoms with E-state index < -0.39 is 34.5 Å². The van der Waals surface area contributed by atoms with Gasteiger partial charge in [-0.15, -0.1) is 0 Å². The van der Waals surface area contributed by atoms with E-state index in [1.54, 1.807) is 0 Å². The van der Waals surface area contributed by atoms with Gasteiger partial charge in [-0.3, -0.25) is 19.2 Å². The van der Waals surface area contributed by atoms with Crippen LogP contribution < -0.4 is 5.11 Å². The van der Waals surface area contributed by atoms with Crippen molar-refractivity contribution >= 4 is 29.1 Å². The van der Waals surface area contributed by atoms with Gasteiger partial charge >= 0.3 is 20.1 Å². The van der Waals surface area contributed by atoms with Crippen LogP contribution in [0.15, 0.2) is 0 Å². The first-order valence-electron chi connectivity index (χ1n) is 3.97. The molecule has 0 N–H and O–H groups in total. The summed E-state index contributed by atoms with van der Waals surface area (Å²) in [6.07, 6.45) is 0. The zero-order chi connectivity index (χ0) is 12.4. The van der Waals surface area contributed by atoms with E-state index in [4.69, 9.17) is 0 Å². The Hall–Kier alpha value is -1.20. The zero-order valence-electron chi connectivity index (χ0n) is 8.78. The van der Waals surface area contributed by atoms with Gasteiger partial charge in [0, 0.05) is 0 Å². The van der Waals surface area contributed by atoms with E-state index in [0.29, 0.717) is 0 Å². The van der Waals surface area contributed by atoms with Gasteiger partial charge in [-0.25, -0.2) is 0 Å². The van der Waals surface area contributed by atoms with Gasteiger partial charge in [0.25, 0.3) is 0 Å². The van der Waals surface area contributed by atoms with E-state index in [1.807, 2.05) is 0 Å². The first-order chi connectivity index (χ1) is 6.68. The largest absolute Gasteiger partial charge is 3.00 e. The summed E-state index contributed by atoms with van der Waals surface area (Å²) in [4.78, 5) is 54.9. The monoisotopic (exact) mass is 406 g/mol. The van der Waals surface area contributed by atoms with Crippen LogP contribution in [0.4, 0.5) is 0 Å². The standard InChI is InChI=1S/C9H10O6.Ir/c1-4(10)9(5(2)11,6(3)12)7(13)8(14)15;/h1-3H3,(H,14,15);/q;+3/p-1. The number of carboxylic acids is 1. The van der Waals surface area contributed by atoms with E-state index in [9.17, 15) is 29.1 Å². The first-order valence-corrected chi connectivity index (χ1v) is 3.97. The molecule has 0 rings (SSSR count). The van der Waals surface area contributed by atoms with Gasteiger partial charge in [0.1, 0.15) is 5.97 Å². The molecule has 16 heavy (non-hydrogen) atoms. The molecule has 88 valence electrons. The van der Waals surface area contributed by atoms with Crippen LogP contribution in [-0.2, 0) is 44.1 Å².